The summed E-state index contributed by atoms with van der Waals surface area (Å²) in [5.41, 5.74) is -0.279. The smallest absolute Gasteiger partial charge is 0.416 e. The Morgan fingerprint density at radius 2 is 1.08 bits per heavy atom. The fraction of sp³-hybridized carbons (Fsp3) is 0.343. The molecule has 546 valence electrons. The number of benzene rings is 5. The van der Waals surface area contributed by atoms with Crippen LogP contribution in [0.25, 0.3) is 0 Å². The summed E-state index contributed by atoms with van der Waals surface area (Å²) in [7, 11) is -12.5. The third kappa shape index (κ3) is 19.5. The van der Waals surface area contributed by atoms with E-state index < -0.39 is 126 Å². The van der Waals surface area contributed by atoms with Crippen molar-refractivity contribution in [2.24, 2.45) is 25.9 Å². The number of alkyl halides is 3. The summed E-state index contributed by atoms with van der Waals surface area (Å²) in [4.78, 5) is 97.8. The van der Waals surface area contributed by atoms with Gasteiger partial charge in [-0.05, 0) is 125 Å². The molecule has 10 rings (SSSR count). The molecule has 2 saturated carbocycles. The lowest BCUT2D eigenvalue weighted by molar-refractivity contribution is -0.138. The number of aryl methyl sites for hydroxylation is 5. The van der Waals surface area contributed by atoms with Crippen LogP contribution in [0.4, 0.5) is 13.2 Å². The van der Waals surface area contributed by atoms with E-state index in [0.717, 1.165) is 47.7 Å². The van der Waals surface area contributed by atoms with Gasteiger partial charge in [-0.15, -0.1) is 0 Å². The highest BCUT2D eigenvalue weighted by Gasteiger charge is 2.40. The molecule has 3 aliphatic rings. The maximum Gasteiger partial charge on any atom is 0.416 e. The number of hydrogen-bond donors (Lipinski definition) is 1. The van der Waals surface area contributed by atoms with Gasteiger partial charge in [0.05, 0.1) is 66.0 Å². The van der Waals surface area contributed by atoms with Crippen LogP contribution in [-0.4, -0.2) is 143 Å². The SMILES string of the molecule is CS(=O)(=O)c1ccc(C(=O)C2C(=O)CCCC2=O)c(Cl)c1.CS(=O)(=O)c1ccc(C(=O)C2C(=O)CCCC2=O)c(Cl)c1COCC1CCCO1.Cc1ccc(S(=O)(=O)Oc2c(C(=O)c3ccc(Cl)cc3Cl)c(C)nn2C)cc1.Cc1nn(C)c(O)c1C(=O)c1ccc(C(F)(F)F)cc1S(C)(=O)=O. The van der Waals surface area contributed by atoms with Crippen LogP contribution in [0, 0.1) is 32.6 Å². The topological polar surface area (TPSA) is 357 Å². The Morgan fingerprint density at radius 3 is 1.57 bits per heavy atom. The van der Waals surface area contributed by atoms with Crippen LogP contribution in [0.2, 0.25) is 20.1 Å². The van der Waals surface area contributed by atoms with E-state index in [1.807, 2.05) is 6.92 Å². The van der Waals surface area contributed by atoms with Crippen LogP contribution < -0.4 is 4.18 Å². The number of ketones is 8. The van der Waals surface area contributed by atoms with Gasteiger partial charge in [0.2, 0.25) is 23.3 Å². The third-order valence-electron chi connectivity index (χ3n) is 16.0. The van der Waals surface area contributed by atoms with Gasteiger partial charge in [0.1, 0.15) is 27.9 Å². The van der Waals surface area contributed by atoms with Gasteiger partial charge in [0.25, 0.3) is 0 Å². The highest BCUT2D eigenvalue weighted by atomic mass is 35.5. The molecule has 0 bridgehead atoms. The first-order valence-corrected chi connectivity index (χ1v) is 39.1. The summed E-state index contributed by atoms with van der Waals surface area (Å²) in [5.74, 6) is -7.80. The van der Waals surface area contributed by atoms with Gasteiger partial charge < -0.3 is 18.8 Å². The molecule has 35 heteroatoms. The van der Waals surface area contributed by atoms with Gasteiger partial charge in [-0.1, -0.05) is 64.1 Å². The molecule has 2 aromatic heterocycles. The number of aromatic nitrogens is 4. The zero-order valence-electron chi connectivity index (χ0n) is 55.4. The number of halogens is 7. The molecular weight excluding hydrogens is 1510 g/mol. The molecule has 1 atom stereocenters. The van der Waals surface area contributed by atoms with Crippen molar-refractivity contribution >= 4 is 132 Å². The van der Waals surface area contributed by atoms with Crippen molar-refractivity contribution in [3.8, 4) is 11.8 Å². The first-order chi connectivity index (χ1) is 47.3. The number of sulfone groups is 3. The number of aromatic hydroxyl groups is 1. The predicted molar refractivity (Wildman–Crippen MR) is 366 cm³/mol. The summed E-state index contributed by atoms with van der Waals surface area (Å²) in [6.07, 6.45) is 1.37. The lowest BCUT2D eigenvalue weighted by Crippen LogP contribution is -2.35. The monoisotopic (exact) mass is 1570 g/mol. The lowest BCUT2D eigenvalue weighted by Gasteiger charge is -2.20. The number of ether oxygens (including phenoxy) is 2. The lowest BCUT2D eigenvalue weighted by atomic mass is 9.81. The molecule has 0 spiro atoms. The third-order valence-corrected chi connectivity index (χ3v) is 22.0. The molecule has 0 amide bonds. The van der Waals surface area contributed by atoms with Crippen molar-refractivity contribution in [1.29, 1.82) is 0 Å². The van der Waals surface area contributed by atoms with Gasteiger partial charge in [-0.3, -0.25) is 38.4 Å². The second-order valence-corrected chi connectivity index (χ2v) is 33.0. The van der Waals surface area contributed by atoms with E-state index in [0.29, 0.717) is 48.6 Å². The number of nitrogens with zero attached hydrogens (tertiary/aromatic N) is 4. The van der Waals surface area contributed by atoms with E-state index >= 15 is 0 Å². The summed E-state index contributed by atoms with van der Waals surface area (Å²) in [6.45, 7) is 5.65. The van der Waals surface area contributed by atoms with E-state index in [1.165, 1.54) is 80.3 Å². The Hall–Kier alpha value is -7.85. The second-order valence-electron chi connectivity index (χ2n) is 23.8. The van der Waals surface area contributed by atoms with E-state index in [4.69, 9.17) is 60.1 Å². The quantitative estimate of drug-likeness (QED) is 0.0474. The van der Waals surface area contributed by atoms with Crippen LogP contribution in [0.3, 0.4) is 0 Å². The number of Topliss-reactive ketones (excluding diaryl/α,β-unsaturated/α-hetero) is 6. The minimum atomic E-state index is -4.76. The Balaban J connectivity index is 0.000000192. The Kier molecular flexibility index (Phi) is 26.2. The van der Waals surface area contributed by atoms with Crippen molar-refractivity contribution in [2.45, 2.75) is 111 Å². The molecule has 0 radical (unpaired) electrons. The summed E-state index contributed by atoms with van der Waals surface area (Å²) in [6, 6.07) is 18.6. The van der Waals surface area contributed by atoms with Gasteiger partial charge in [0.15, 0.2) is 64.2 Å². The van der Waals surface area contributed by atoms with Crippen LogP contribution >= 0.6 is 46.4 Å². The number of hydrogen-bond acceptors (Lipinski definition) is 22. The standard InChI is InChI=1S/C20H23ClO7S.C19H16Cl2N2O4S.C14H13ClO5S.C14H13F3N2O4S/c1-29(25,26)17-8-7-13(20(24)18-15(22)5-2-6-16(18)23)19(21)14(17)11-27-10-12-4-3-9-28-12;1-11-4-7-14(8-5-11)28(25,26)27-19-17(12(2)22-23(19)3)18(24)15-9-6-13(20)10-16(15)21;1-21(19,20)8-5-6-9(10(15)7-8)14(18)13-11(16)3-2-4-12(13)17;1-7-11(13(21)19(2)18-7)12(20)9-5-4-8(14(15,16)17)6-10(9)24(3,22)23/h7-8,12,18H,2-6,9-11H2,1H3;4-10H,1-3H3;5-7,13H,2-4H2,1H3;4-6,21H,1-3H3. The maximum atomic E-state index is 13.0. The van der Waals surface area contributed by atoms with Crippen LogP contribution in [0.5, 0.6) is 11.8 Å². The molecule has 24 nitrogen and oxygen atoms in total. The van der Waals surface area contributed by atoms with E-state index in [1.54, 1.807) is 19.1 Å². The second kappa shape index (κ2) is 32.9. The van der Waals surface area contributed by atoms with Gasteiger partial charge in [-0.2, -0.15) is 31.8 Å². The fourth-order valence-corrected chi connectivity index (χ4v) is 15.5. The highest BCUT2D eigenvalue weighted by Crippen LogP contribution is 2.37. The molecule has 1 saturated heterocycles. The molecule has 102 heavy (non-hydrogen) atoms. The summed E-state index contributed by atoms with van der Waals surface area (Å²) < 4.78 is 153. The highest BCUT2D eigenvalue weighted by molar-refractivity contribution is 7.91. The number of carbonyl (C=O) groups excluding carboxylic acids is 8. The average Bonchev–Trinajstić information content (AvgIpc) is 1.71. The summed E-state index contributed by atoms with van der Waals surface area (Å²) in [5, 5.41) is 18.2. The normalized spacial score (nSPS) is 15.5. The van der Waals surface area contributed by atoms with Crippen LogP contribution in [-0.2, 0) is 95.2 Å². The van der Waals surface area contributed by atoms with Crippen molar-refractivity contribution in [1.82, 2.24) is 19.6 Å². The molecule has 3 fully saturated rings. The molecular formula is C67H65Cl4F3N4O20S4. The molecule has 3 heterocycles. The van der Waals surface area contributed by atoms with Crippen LogP contribution in [0.1, 0.15) is 132 Å². The summed E-state index contributed by atoms with van der Waals surface area (Å²) >= 11 is 24.4. The van der Waals surface area contributed by atoms with E-state index in [-0.39, 0.29) is 120 Å². The number of carbonyl (C=O) groups is 8. The minimum Gasteiger partial charge on any atom is -0.493 e. The Morgan fingerprint density at radius 1 is 0.588 bits per heavy atom. The average molecular weight is 1570 g/mol. The molecule has 1 N–H and O–H groups in total. The zero-order valence-corrected chi connectivity index (χ0v) is 61.7. The maximum absolute atomic E-state index is 13.0. The van der Waals surface area contributed by atoms with Crippen molar-refractivity contribution in [3.63, 3.8) is 0 Å². The Labute approximate surface area is 604 Å². The largest absolute Gasteiger partial charge is 0.493 e. The first kappa shape index (κ1) is 81.4. The van der Waals surface area contributed by atoms with Gasteiger partial charge in [-0.25, -0.2) is 34.6 Å². The van der Waals surface area contributed by atoms with Crippen molar-refractivity contribution in [3.05, 3.63) is 173 Å². The Bertz CT molecular complexity index is 4980. The molecule has 7 aromatic rings. The molecule has 2 aliphatic carbocycles. The molecule has 1 unspecified atom stereocenters. The van der Waals surface area contributed by atoms with Crippen LogP contribution in [0.15, 0.2) is 111 Å². The van der Waals surface area contributed by atoms with Gasteiger partial charge in [0, 0.05) is 98.0 Å². The molecule has 5 aromatic carbocycles. The van der Waals surface area contributed by atoms with Crippen molar-refractivity contribution in [2.75, 3.05) is 32.0 Å². The van der Waals surface area contributed by atoms with Crippen molar-refractivity contribution < 1.29 is 104 Å². The first-order valence-electron chi connectivity index (χ1n) is 30.5. The van der Waals surface area contributed by atoms with Gasteiger partial charge >= 0.3 is 16.3 Å². The number of rotatable bonds is 18. The van der Waals surface area contributed by atoms with E-state index in [2.05, 4.69) is 10.2 Å². The minimum absolute atomic E-state index is 0.00216. The predicted octanol–water partition coefficient (Wildman–Crippen LogP) is 10.9. The fourth-order valence-electron chi connectivity index (χ4n) is 10.9. The van der Waals surface area contributed by atoms with E-state index in [9.17, 15) is 90.3 Å². The zero-order chi connectivity index (χ0) is 76.1. The molecule has 1 aliphatic heterocycles.